The molecule has 1 atom stereocenters. The maximum absolute atomic E-state index is 12.9. The summed E-state index contributed by atoms with van der Waals surface area (Å²) in [5.41, 5.74) is 0.107. The molecule has 1 unspecified atom stereocenters. The van der Waals surface area contributed by atoms with Gasteiger partial charge in [0.15, 0.2) is 0 Å². The van der Waals surface area contributed by atoms with Gasteiger partial charge in [-0.3, -0.25) is 4.79 Å². The van der Waals surface area contributed by atoms with Gasteiger partial charge in [-0.1, -0.05) is 30.8 Å². The molecule has 2 aromatic carbocycles. The van der Waals surface area contributed by atoms with Gasteiger partial charge in [-0.05, 0) is 42.5 Å². The quantitative estimate of drug-likeness (QED) is 0.143. The van der Waals surface area contributed by atoms with Crippen LogP contribution in [0.2, 0.25) is 0 Å². The SMILES string of the molecule is C=CC(OC(=O)OC)c1cccc(F)c1.COC(=O)Cl.O=Cc1cccc(F)c1.[Br-].[CH+]=[CH-].[Mg+2]. The summed E-state index contributed by atoms with van der Waals surface area (Å²) in [5, 5.41) is 0. The van der Waals surface area contributed by atoms with Crippen molar-refractivity contribution in [2.75, 3.05) is 14.2 Å². The molecule has 0 amide bonds. The van der Waals surface area contributed by atoms with Crippen LogP contribution in [0.1, 0.15) is 22.0 Å². The summed E-state index contributed by atoms with van der Waals surface area (Å²) in [5.74, 6) is -0.771. The average Bonchev–Trinajstić information content (AvgIpc) is 2.79. The van der Waals surface area contributed by atoms with E-state index in [1.54, 1.807) is 12.1 Å². The van der Waals surface area contributed by atoms with Crippen molar-refractivity contribution in [1.82, 2.24) is 0 Å². The van der Waals surface area contributed by atoms with Gasteiger partial charge < -0.3 is 31.2 Å². The predicted molar refractivity (Wildman–Crippen MR) is 117 cm³/mol. The summed E-state index contributed by atoms with van der Waals surface area (Å²) >= 11 is 4.60. The molecule has 0 bridgehead atoms. The predicted octanol–water partition coefficient (Wildman–Crippen LogP) is 2.50. The van der Waals surface area contributed by atoms with Crippen LogP contribution in [0.3, 0.4) is 0 Å². The van der Waals surface area contributed by atoms with Gasteiger partial charge in [-0.25, -0.2) is 24.9 Å². The molecule has 0 aliphatic heterocycles. The molecule has 33 heavy (non-hydrogen) atoms. The van der Waals surface area contributed by atoms with Crippen molar-refractivity contribution >= 4 is 52.5 Å². The van der Waals surface area contributed by atoms with E-state index in [-0.39, 0.29) is 45.9 Å². The van der Waals surface area contributed by atoms with Crippen LogP contribution < -0.4 is 17.0 Å². The number of ether oxygens (including phenoxy) is 3. The average molecular weight is 559 g/mol. The van der Waals surface area contributed by atoms with Crippen molar-refractivity contribution in [3.05, 3.63) is 97.1 Å². The first-order valence-corrected chi connectivity index (χ1v) is 8.55. The second-order valence-corrected chi connectivity index (χ2v) is 5.21. The van der Waals surface area contributed by atoms with Crippen molar-refractivity contribution < 1.29 is 54.4 Å². The Kier molecular flexibility index (Phi) is 27.9. The Morgan fingerprint density at radius 3 is 1.88 bits per heavy atom. The molecule has 0 aliphatic carbocycles. The topological polar surface area (TPSA) is 78.9 Å². The van der Waals surface area contributed by atoms with Gasteiger partial charge in [-0.2, -0.15) is 0 Å². The number of halogens is 4. The molecule has 0 aromatic heterocycles. The van der Waals surface area contributed by atoms with Crippen molar-refractivity contribution in [2.45, 2.75) is 6.10 Å². The number of carbonyl (C=O) groups is 3. The third kappa shape index (κ3) is 20.0. The molecule has 0 radical (unpaired) electrons. The minimum absolute atomic E-state index is 0. The monoisotopic (exact) mass is 557 g/mol. The normalized spacial score (nSPS) is 8.85. The van der Waals surface area contributed by atoms with Crippen LogP contribution in [0.4, 0.5) is 18.4 Å². The van der Waals surface area contributed by atoms with Gasteiger partial charge in [-0.15, -0.1) is 0 Å². The molecular weight excluding hydrogens is 538 g/mol. The van der Waals surface area contributed by atoms with E-state index in [1.807, 2.05) is 0 Å². The van der Waals surface area contributed by atoms with Gasteiger partial charge in [0.1, 0.15) is 24.0 Å². The number of benzene rings is 2. The van der Waals surface area contributed by atoms with E-state index in [1.165, 1.54) is 56.7 Å². The van der Waals surface area contributed by atoms with Gasteiger partial charge in [0.2, 0.25) is 0 Å². The van der Waals surface area contributed by atoms with Crippen LogP contribution in [0.25, 0.3) is 0 Å². The molecule has 6 nitrogen and oxygen atoms in total. The third-order valence-electron chi connectivity index (χ3n) is 2.93. The first-order valence-electron chi connectivity index (χ1n) is 8.17. The maximum Gasteiger partial charge on any atom is 2.00 e. The zero-order valence-corrected chi connectivity index (χ0v) is 21.6. The first kappa shape index (κ1) is 37.9. The summed E-state index contributed by atoms with van der Waals surface area (Å²) < 4.78 is 38.1. The van der Waals surface area contributed by atoms with E-state index in [9.17, 15) is 23.2 Å². The maximum atomic E-state index is 12.9. The summed E-state index contributed by atoms with van der Waals surface area (Å²) in [6.45, 7) is 11.5. The Hall–Kier alpha value is -2.36. The number of aldehydes is 1. The Balaban J connectivity index is -0.000000201. The molecule has 0 saturated carbocycles. The third-order valence-corrected chi connectivity index (χ3v) is 3.08. The van der Waals surface area contributed by atoms with Gasteiger partial charge >= 0.3 is 34.6 Å². The molecule has 2 aromatic rings. The van der Waals surface area contributed by atoms with Crippen LogP contribution >= 0.6 is 11.6 Å². The van der Waals surface area contributed by atoms with E-state index >= 15 is 0 Å². The van der Waals surface area contributed by atoms with Crippen LogP contribution in [-0.4, -0.2) is 55.1 Å². The van der Waals surface area contributed by atoms with E-state index in [0.717, 1.165) is 0 Å². The smallest absolute Gasteiger partial charge is 1.00 e. The van der Waals surface area contributed by atoms with E-state index < -0.39 is 23.5 Å². The number of hydrogen-bond acceptors (Lipinski definition) is 6. The zero-order chi connectivity index (χ0) is 24.2. The number of hydrogen-bond donors (Lipinski definition) is 0. The molecule has 11 heteroatoms. The summed E-state index contributed by atoms with van der Waals surface area (Å²) in [6, 6.07) is 11.3. The standard InChI is InChI=1S/C11H11FO3.C7H5FO.C2H3ClO2.C2H2.BrH.Mg/c1-3-10(15-11(13)14-2)8-5-4-6-9(12)7-8;8-7-3-1-2-6(4-7)5-9;1-5-2(3)4;1-2;;/h3-7,10H,1H2,2H3;1-5H;1H3;1-2H;1H;/q;;;;;+2/p-1. The van der Waals surface area contributed by atoms with Crippen molar-refractivity contribution in [1.29, 1.82) is 0 Å². The molecule has 0 fully saturated rings. The van der Waals surface area contributed by atoms with Gasteiger partial charge in [0.05, 0.1) is 14.2 Å². The molecule has 0 N–H and O–H groups in total. The van der Waals surface area contributed by atoms with Crippen molar-refractivity contribution in [3.8, 4) is 0 Å². The molecule has 0 saturated heterocycles. The van der Waals surface area contributed by atoms with Crippen molar-refractivity contribution in [2.24, 2.45) is 0 Å². The second-order valence-electron chi connectivity index (χ2n) is 4.90. The molecule has 0 heterocycles. The first-order chi connectivity index (χ1) is 14.8. The van der Waals surface area contributed by atoms with Gasteiger partial charge in [0.25, 0.3) is 0 Å². The zero-order valence-electron chi connectivity index (χ0n) is 17.9. The van der Waals surface area contributed by atoms with E-state index in [2.05, 4.69) is 40.8 Å². The largest absolute Gasteiger partial charge is 2.00 e. The Bertz CT molecular complexity index is 842. The second kappa shape index (κ2) is 24.3. The van der Waals surface area contributed by atoms with Crippen LogP contribution in [0.5, 0.6) is 0 Å². The summed E-state index contributed by atoms with van der Waals surface area (Å²) in [7, 11) is 2.42. The van der Waals surface area contributed by atoms with E-state index in [4.69, 9.17) is 4.74 Å². The fraction of sp³-hybridized carbons (Fsp3) is 0.136. The molecule has 0 aliphatic rings. The Morgan fingerprint density at radius 1 is 1.06 bits per heavy atom. The van der Waals surface area contributed by atoms with Gasteiger partial charge in [0, 0.05) is 17.2 Å². The molecule has 2 rings (SSSR count). The van der Waals surface area contributed by atoms with Crippen LogP contribution in [-0.2, 0) is 14.2 Å². The summed E-state index contributed by atoms with van der Waals surface area (Å²) in [4.78, 5) is 30.2. The van der Waals surface area contributed by atoms with E-state index in [0.29, 0.717) is 17.4 Å². The number of carbonyl (C=O) groups excluding carboxylic acids is 3. The summed E-state index contributed by atoms with van der Waals surface area (Å²) in [6.07, 6.45) is 0.478. The minimum atomic E-state index is -0.829. The van der Waals surface area contributed by atoms with Crippen molar-refractivity contribution in [3.63, 3.8) is 0 Å². The van der Waals surface area contributed by atoms with Crippen LogP contribution in [0.15, 0.2) is 61.2 Å². The number of methoxy groups -OCH3 is 2. The minimum Gasteiger partial charge on any atom is -1.00 e. The molecule has 174 valence electrons. The molecular formula is C22H21BrClF2MgO6+. The fourth-order valence-electron chi connectivity index (χ4n) is 1.67. The molecule has 0 spiro atoms. The number of rotatable bonds is 4. The Morgan fingerprint density at radius 2 is 1.55 bits per heavy atom. The van der Waals surface area contributed by atoms with Crippen LogP contribution in [0, 0.1) is 24.8 Å². The fourth-order valence-corrected chi connectivity index (χ4v) is 1.67. The Labute approximate surface area is 223 Å².